The van der Waals surface area contributed by atoms with Crippen molar-refractivity contribution in [2.45, 2.75) is 32.0 Å². The van der Waals surface area contributed by atoms with Crippen molar-refractivity contribution in [3.05, 3.63) is 23.8 Å². The summed E-state index contributed by atoms with van der Waals surface area (Å²) in [5, 5.41) is 27.4. The first-order valence-corrected chi connectivity index (χ1v) is 5.03. The first kappa shape index (κ1) is 11.9. The first-order chi connectivity index (χ1) is 6.96. The number of aliphatic hydroxyl groups is 2. The lowest BCUT2D eigenvalue weighted by atomic mass is 9.89. The molecular formula is C11H16O4. The lowest BCUT2D eigenvalue weighted by Gasteiger charge is -2.22. The molecule has 1 aliphatic rings. The Morgan fingerprint density at radius 3 is 2.67 bits per heavy atom. The fourth-order valence-corrected chi connectivity index (χ4v) is 1.61. The van der Waals surface area contributed by atoms with Gasteiger partial charge in [-0.2, -0.15) is 0 Å². The molecule has 0 fully saturated rings. The van der Waals surface area contributed by atoms with Gasteiger partial charge in [-0.05, 0) is 18.1 Å². The van der Waals surface area contributed by atoms with Crippen LogP contribution in [-0.2, 0) is 4.79 Å². The van der Waals surface area contributed by atoms with Crippen LogP contribution in [0, 0.1) is 5.92 Å². The third-order valence-corrected chi connectivity index (χ3v) is 2.46. The zero-order chi connectivity index (χ0) is 11.5. The standard InChI is InChI=1S/C11H16O4/c1-2-3-9(10(12)13)8-4-6-11(14,15)7-5-8/h4-6,9,14-15H,2-3,7H2,1H3,(H,12,13). The number of carbonyl (C=O) groups is 1. The van der Waals surface area contributed by atoms with Crippen molar-refractivity contribution in [1.82, 2.24) is 0 Å². The van der Waals surface area contributed by atoms with E-state index in [-0.39, 0.29) is 6.42 Å². The highest BCUT2D eigenvalue weighted by Crippen LogP contribution is 2.26. The average molecular weight is 212 g/mol. The fourth-order valence-electron chi connectivity index (χ4n) is 1.61. The molecule has 15 heavy (non-hydrogen) atoms. The summed E-state index contributed by atoms with van der Waals surface area (Å²) in [5.74, 6) is -3.22. The van der Waals surface area contributed by atoms with Crippen LogP contribution in [0.5, 0.6) is 0 Å². The maximum atomic E-state index is 11.0. The number of carboxylic acid groups (broad SMARTS) is 1. The van der Waals surface area contributed by atoms with E-state index in [0.717, 1.165) is 6.42 Å². The summed E-state index contributed by atoms with van der Waals surface area (Å²) in [6.07, 6.45) is 5.69. The monoisotopic (exact) mass is 212 g/mol. The SMILES string of the molecule is CCCC(C(=O)O)C1=CCC(O)(O)C=C1. The van der Waals surface area contributed by atoms with Crippen LogP contribution >= 0.6 is 0 Å². The van der Waals surface area contributed by atoms with Crippen LogP contribution in [0.3, 0.4) is 0 Å². The van der Waals surface area contributed by atoms with Crippen molar-refractivity contribution >= 4 is 5.97 Å². The van der Waals surface area contributed by atoms with E-state index in [1.807, 2.05) is 6.92 Å². The van der Waals surface area contributed by atoms with Crippen molar-refractivity contribution in [3.63, 3.8) is 0 Å². The molecule has 1 aliphatic carbocycles. The van der Waals surface area contributed by atoms with Crippen LogP contribution in [0.25, 0.3) is 0 Å². The molecule has 1 atom stereocenters. The zero-order valence-electron chi connectivity index (χ0n) is 8.68. The molecular weight excluding hydrogens is 196 g/mol. The first-order valence-electron chi connectivity index (χ1n) is 5.03. The zero-order valence-corrected chi connectivity index (χ0v) is 8.68. The second-order valence-electron chi connectivity index (χ2n) is 3.80. The molecule has 1 unspecified atom stereocenters. The van der Waals surface area contributed by atoms with Gasteiger partial charge in [-0.25, -0.2) is 0 Å². The van der Waals surface area contributed by atoms with Gasteiger partial charge in [0.15, 0.2) is 5.79 Å². The molecule has 1 rings (SSSR count). The molecule has 0 aromatic rings. The maximum absolute atomic E-state index is 11.0. The molecule has 84 valence electrons. The van der Waals surface area contributed by atoms with Crippen molar-refractivity contribution in [2.24, 2.45) is 5.92 Å². The van der Waals surface area contributed by atoms with Crippen LogP contribution in [0.1, 0.15) is 26.2 Å². The lowest BCUT2D eigenvalue weighted by Crippen LogP contribution is -2.27. The van der Waals surface area contributed by atoms with Gasteiger partial charge in [0.25, 0.3) is 0 Å². The third-order valence-electron chi connectivity index (χ3n) is 2.46. The van der Waals surface area contributed by atoms with Gasteiger partial charge in [0.1, 0.15) is 0 Å². The predicted molar refractivity (Wildman–Crippen MR) is 55.0 cm³/mol. The molecule has 4 nitrogen and oxygen atoms in total. The number of carboxylic acids is 1. The Labute approximate surface area is 88.5 Å². The van der Waals surface area contributed by atoms with E-state index in [1.54, 1.807) is 6.08 Å². The average Bonchev–Trinajstić information content (AvgIpc) is 2.14. The molecule has 3 N–H and O–H groups in total. The van der Waals surface area contributed by atoms with Crippen molar-refractivity contribution < 1.29 is 20.1 Å². The number of hydrogen-bond acceptors (Lipinski definition) is 3. The largest absolute Gasteiger partial charge is 0.481 e. The summed E-state index contributed by atoms with van der Waals surface area (Å²) in [4.78, 5) is 11.0. The number of allylic oxidation sites excluding steroid dienone is 1. The lowest BCUT2D eigenvalue weighted by molar-refractivity contribution is -0.140. The van der Waals surface area contributed by atoms with Crippen LogP contribution in [0.4, 0.5) is 0 Å². The van der Waals surface area contributed by atoms with Crippen LogP contribution in [0.15, 0.2) is 23.8 Å². The minimum atomic E-state index is -1.82. The predicted octanol–water partition coefficient (Wildman–Crippen LogP) is 1.05. The summed E-state index contributed by atoms with van der Waals surface area (Å²) < 4.78 is 0. The van der Waals surface area contributed by atoms with E-state index >= 15 is 0 Å². The highest BCUT2D eigenvalue weighted by atomic mass is 16.5. The van der Waals surface area contributed by atoms with Gasteiger partial charge in [0, 0.05) is 6.42 Å². The number of rotatable bonds is 4. The quantitative estimate of drug-likeness (QED) is 0.609. The summed E-state index contributed by atoms with van der Waals surface area (Å²) in [6.45, 7) is 1.92. The Morgan fingerprint density at radius 2 is 2.27 bits per heavy atom. The van der Waals surface area contributed by atoms with E-state index in [0.29, 0.717) is 12.0 Å². The van der Waals surface area contributed by atoms with Crippen LogP contribution < -0.4 is 0 Å². The number of hydrogen-bond donors (Lipinski definition) is 3. The summed E-state index contributed by atoms with van der Waals surface area (Å²) in [7, 11) is 0. The van der Waals surface area contributed by atoms with E-state index in [2.05, 4.69) is 0 Å². The van der Waals surface area contributed by atoms with Gasteiger partial charge in [-0.1, -0.05) is 25.5 Å². The smallest absolute Gasteiger partial charge is 0.310 e. The molecule has 0 bridgehead atoms. The fraction of sp³-hybridized carbons (Fsp3) is 0.545. The van der Waals surface area contributed by atoms with E-state index in [4.69, 9.17) is 5.11 Å². The molecule has 4 heteroatoms. The molecule has 0 radical (unpaired) electrons. The minimum Gasteiger partial charge on any atom is -0.481 e. The highest BCUT2D eigenvalue weighted by molar-refractivity contribution is 5.74. The third kappa shape index (κ3) is 3.18. The Bertz CT molecular complexity index is 302. The maximum Gasteiger partial charge on any atom is 0.310 e. The molecule has 0 saturated heterocycles. The second-order valence-corrected chi connectivity index (χ2v) is 3.80. The Balaban J connectivity index is 2.76. The van der Waals surface area contributed by atoms with Crippen molar-refractivity contribution in [1.29, 1.82) is 0 Å². The van der Waals surface area contributed by atoms with Gasteiger partial charge in [-0.15, -0.1) is 0 Å². The Kier molecular flexibility index (Phi) is 3.66. The van der Waals surface area contributed by atoms with Gasteiger partial charge >= 0.3 is 5.97 Å². The summed E-state index contributed by atoms with van der Waals surface area (Å²) in [6, 6.07) is 0. The van der Waals surface area contributed by atoms with E-state index in [9.17, 15) is 15.0 Å². The van der Waals surface area contributed by atoms with Gasteiger partial charge in [0.2, 0.25) is 0 Å². The summed E-state index contributed by atoms with van der Waals surface area (Å²) >= 11 is 0. The second kappa shape index (κ2) is 4.59. The molecule has 0 aliphatic heterocycles. The minimum absolute atomic E-state index is 0.0479. The van der Waals surface area contributed by atoms with Crippen LogP contribution in [-0.4, -0.2) is 27.1 Å². The molecule has 0 spiro atoms. The molecule has 0 aromatic carbocycles. The molecule has 0 amide bonds. The van der Waals surface area contributed by atoms with Gasteiger partial charge < -0.3 is 15.3 Å². The van der Waals surface area contributed by atoms with Crippen molar-refractivity contribution in [2.75, 3.05) is 0 Å². The van der Waals surface area contributed by atoms with E-state index in [1.165, 1.54) is 12.2 Å². The Hall–Kier alpha value is -1.13. The summed E-state index contributed by atoms with van der Waals surface area (Å²) in [5.41, 5.74) is 0.656. The molecule has 0 aromatic heterocycles. The van der Waals surface area contributed by atoms with Gasteiger partial charge in [0.05, 0.1) is 5.92 Å². The molecule has 0 saturated carbocycles. The van der Waals surface area contributed by atoms with E-state index < -0.39 is 17.7 Å². The topological polar surface area (TPSA) is 77.8 Å². The number of aliphatic carboxylic acids is 1. The van der Waals surface area contributed by atoms with Gasteiger partial charge in [-0.3, -0.25) is 4.79 Å². The van der Waals surface area contributed by atoms with Crippen LogP contribution in [0.2, 0.25) is 0 Å². The highest BCUT2D eigenvalue weighted by Gasteiger charge is 2.26. The Morgan fingerprint density at radius 1 is 1.60 bits per heavy atom. The van der Waals surface area contributed by atoms with Crippen molar-refractivity contribution in [3.8, 4) is 0 Å². The normalized spacial score (nSPS) is 20.9. The molecule has 0 heterocycles.